The Balaban J connectivity index is 2.17. The number of nitrogens with one attached hydrogen (secondary N) is 1. The molecule has 0 spiro atoms. The molecule has 1 amide bonds. The molecular weight excluding hydrogens is 381 g/mol. The molecule has 2 heterocycles. The maximum atomic E-state index is 13.3. The summed E-state index contributed by atoms with van der Waals surface area (Å²) in [6, 6.07) is 2.73. The normalized spacial score (nSPS) is 15.3. The van der Waals surface area contributed by atoms with Gasteiger partial charge in [0, 0.05) is 26.2 Å². The Hall–Kier alpha value is -3.16. The molecule has 0 bridgehead atoms. The van der Waals surface area contributed by atoms with E-state index in [9.17, 15) is 18.0 Å². The number of anilines is 1. The molecule has 0 fully saturated rings. The number of carbonyl (C=O) groups is 1. The Morgan fingerprint density at radius 1 is 1.38 bits per heavy atom. The van der Waals surface area contributed by atoms with Crippen molar-refractivity contribution in [1.29, 1.82) is 0 Å². The van der Waals surface area contributed by atoms with Crippen molar-refractivity contribution in [2.45, 2.75) is 26.2 Å². The predicted octanol–water partition coefficient (Wildman–Crippen LogP) is 4.74. The van der Waals surface area contributed by atoms with Crippen LogP contribution >= 0.6 is 0 Å². The monoisotopic (exact) mass is 404 g/mol. The molecule has 0 unspecified atom stereocenters. The van der Waals surface area contributed by atoms with E-state index in [1.807, 2.05) is 6.92 Å². The highest BCUT2D eigenvalue weighted by Crippen LogP contribution is 2.26. The first kappa shape index (κ1) is 22.1. The number of aliphatic imine (C=N–C) groups is 1. The van der Waals surface area contributed by atoms with Crippen LogP contribution in [0.15, 0.2) is 71.9 Å². The number of hydrogen-bond donors (Lipinski definition) is 1. The quantitative estimate of drug-likeness (QED) is 0.528. The molecule has 2 rings (SSSR count). The van der Waals surface area contributed by atoms with Gasteiger partial charge in [-0.25, -0.2) is 4.39 Å². The highest BCUT2D eigenvalue weighted by Gasteiger charge is 2.26. The maximum Gasteiger partial charge on any atom is 0.286 e. The summed E-state index contributed by atoms with van der Waals surface area (Å²) in [5.74, 6) is -4.75. The van der Waals surface area contributed by atoms with Crippen LogP contribution in [0.3, 0.4) is 0 Å². The molecule has 0 aromatic carbocycles. The fraction of sp³-hybridized carbons (Fsp3) is 0.286. The maximum absolute atomic E-state index is 13.3. The topological polar surface area (TPSA) is 57.6 Å². The number of amides is 1. The van der Waals surface area contributed by atoms with Crippen LogP contribution in [0, 0.1) is 0 Å². The molecule has 0 saturated carbocycles. The number of hydrogen-bond acceptors (Lipinski definition) is 4. The lowest BCUT2D eigenvalue weighted by Gasteiger charge is -2.27. The second-order valence-corrected chi connectivity index (χ2v) is 6.52. The Morgan fingerprint density at radius 2 is 2.10 bits per heavy atom. The van der Waals surface area contributed by atoms with Crippen LogP contribution in [0.1, 0.15) is 26.0 Å². The van der Waals surface area contributed by atoms with Crippen molar-refractivity contribution in [3.63, 3.8) is 0 Å². The molecule has 5 nitrogen and oxygen atoms in total. The number of rotatable bonds is 7. The predicted molar refractivity (Wildman–Crippen MR) is 108 cm³/mol. The first-order chi connectivity index (χ1) is 13.6. The summed E-state index contributed by atoms with van der Waals surface area (Å²) in [7, 11) is 0. The van der Waals surface area contributed by atoms with Gasteiger partial charge in [-0.05, 0) is 31.1 Å². The van der Waals surface area contributed by atoms with E-state index in [4.69, 9.17) is 0 Å². The number of pyridine rings is 1. The van der Waals surface area contributed by atoms with Gasteiger partial charge in [0.2, 0.25) is 0 Å². The molecule has 8 heteroatoms. The van der Waals surface area contributed by atoms with E-state index in [0.29, 0.717) is 30.1 Å². The van der Waals surface area contributed by atoms with Gasteiger partial charge < -0.3 is 10.2 Å². The fourth-order valence-corrected chi connectivity index (χ4v) is 2.70. The average Bonchev–Trinajstić information content (AvgIpc) is 2.68. The number of aromatic nitrogens is 1. The van der Waals surface area contributed by atoms with Crippen LogP contribution in [0.5, 0.6) is 0 Å². The molecule has 0 aliphatic carbocycles. The SMILES string of the molecule is C=C(F)C(=O)N1CC=C(/C(=N/C=C\C)C(=C)Nc2ccc(C(C)(F)F)nc2)CC1. The zero-order chi connectivity index (χ0) is 21.6. The number of nitrogens with zero attached hydrogens (tertiary/aromatic N) is 3. The third-order valence-corrected chi connectivity index (χ3v) is 4.18. The zero-order valence-electron chi connectivity index (χ0n) is 16.4. The lowest BCUT2D eigenvalue weighted by atomic mass is 10.0. The van der Waals surface area contributed by atoms with Gasteiger partial charge in [-0.3, -0.25) is 14.8 Å². The van der Waals surface area contributed by atoms with E-state index in [2.05, 4.69) is 28.5 Å². The van der Waals surface area contributed by atoms with Gasteiger partial charge in [-0.15, -0.1) is 0 Å². The Morgan fingerprint density at radius 3 is 2.59 bits per heavy atom. The van der Waals surface area contributed by atoms with Crippen LogP contribution in [-0.2, 0) is 10.7 Å². The highest BCUT2D eigenvalue weighted by molar-refractivity contribution is 6.14. The van der Waals surface area contributed by atoms with Crippen molar-refractivity contribution in [3.05, 3.63) is 72.6 Å². The first-order valence-corrected chi connectivity index (χ1v) is 8.96. The third-order valence-electron chi connectivity index (χ3n) is 4.18. The van der Waals surface area contributed by atoms with Crippen molar-refractivity contribution < 1.29 is 18.0 Å². The number of allylic oxidation sites excluding steroid dienone is 2. The van der Waals surface area contributed by atoms with Gasteiger partial charge in [0.05, 0.1) is 23.3 Å². The van der Waals surface area contributed by atoms with Gasteiger partial charge in [0.15, 0.2) is 5.83 Å². The van der Waals surface area contributed by atoms with E-state index < -0.39 is 17.7 Å². The fourth-order valence-electron chi connectivity index (χ4n) is 2.70. The van der Waals surface area contributed by atoms with Crippen molar-refractivity contribution in [3.8, 4) is 0 Å². The van der Waals surface area contributed by atoms with E-state index in [1.54, 1.807) is 18.4 Å². The molecule has 0 saturated heterocycles. The first-order valence-electron chi connectivity index (χ1n) is 8.96. The van der Waals surface area contributed by atoms with Crippen molar-refractivity contribution in [2.75, 3.05) is 18.4 Å². The molecule has 29 heavy (non-hydrogen) atoms. The van der Waals surface area contributed by atoms with Gasteiger partial charge >= 0.3 is 0 Å². The molecule has 1 aromatic rings. The summed E-state index contributed by atoms with van der Waals surface area (Å²) >= 11 is 0. The summed E-state index contributed by atoms with van der Waals surface area (Å²) in [5, 5.41) is 3.02. The van der Waals surface area contributed by atoms with Crippen molar-refractivity contribution >= 4 is 17.3 Å². The Bertz CT molecular complexity index is 880. The standard InChI is InChI=1S/C21H23F3N4O/c1-5-10-25-19(16-8-11-28(12-9-16)20(29)14(2)22)15(3)27-17-6-7-18(26-13-17)21(4,23)24/h5-8,10,13,27H,2-3,9,11-12H2,1,4H3/b10-5-,25-19+. The van der Waals surface area contributed by atoms with Crippen molar-refractivity contribution in [1.82, 2.24) is 9.88 Å². The largest absolute Gasteiger partial charge is 0.353 e. The minimum absolute atomic E-state index is 0.223. The highest BCUT2D eigenvalue weighted by atomic mass is 19.3. The third kappa shape index (κ3) is 5.91. The van der Waals surface area contributed by atoms with Gasteiger partial charge in [-0.1, -0.05) is 25.3 Å². The van der Waals surface area contributed by atoms with Crippen LogP contribution in [0.4, 0.5) is 18.9 Å². The van der Waals surface area contributed by atoms with E-state index in [1.165, 1.54) is 23.2 Å². The molecule has 154 valence electrons. The van der Waals surface area contributed by atoms with Crippen LogP contribution in [0.25, 0.3) is 0 Å². The van der Waals surface area contributed by atoms with E-state index in [0.717, 1.165) is 12.5 Å². The second-order valence-electron chi connectivity index (χ2n) is 6.52. The van der Waals surface area contributed by atoms with E-state index in [-0.39, 0.29) is 12.2 Å². The lowest BCUT2D eigenvalue weighted by Crippen LogP contribution is -2.36. The summed E-state index contributed by atoms with van der Waals surface area (Å²) < 4.78 is 39.7. The smallest absolute Gasteiger partial charge is 0.286 e. The minimum Gasteiger partial charge on any atom is -0.353 e. The summed E-state index contributed by atoms with van der Waals surface area (Å²) in [5.41, 5.74) is 1.99. The van der Waals surface area contributed by atoms with Gasteiger partial charge in [0.1, 0.15) is 5.69 Å². The number of halogens is 3. The minimum atomic E-state index is -3.02. The number of alkyl halides is 2. The molecular formula is C21H23F3N4O. The second kappa shape index (κ2) is 9.36. The zero-order valence-corrected chi connectivity index (χ0v) is 16.4. The Kier molecular flexibility index (Phi) is 7.14. The summed E-state index contributed by atoms with van der Waals surface area (Å²) in [6.07, 6.45) is 6.88. The molecule has 1 N–H and O–H groups in total. The summed E-state index contributed by atoms with van der Waals surface area (Å²) in [4.78, 5) is 21.2. The van der Waals surface area contributed by atoms with E-state index >= 15 is 0 Å². The molecule has 0 radical (unpaired) electrons. The van der Waals surface area contributed by atoms with Gasteiger partial charge in [0.25, 0.3) is 11.8 Å². The number of carbonyl (C=O) groups excluding carboxylic acids is 1. The molecule has 1 aliphatic rings. The molecule has 0 atom stereocenters. The summed E-state index contributed by atoms with van der Waals surface area (Å²) in [6.45, 7) is 10.2. The average molecular weight is 404 g/mol. The molecule has 1 aliphatic heterocycles. The van der Waals surface area contributed by atoms with Crippen molar-refractivity contribution in [2.24, 2.45) is 4.99 Å². The van der Waals surface area contributed by atoms with Crippen LogP contribution in [-0.4, -0.2) is 34.6 Å². The molecule has 1 aromatic heterocycles. The van der Waals surface area contributed by atoms with Crippen LogP contribution < -0.4 is 5.32 Å². The lowest BCUT2D eigenvalue weighted by molar-refractivity contribution is -0.128. The van der Waals surface area contributed by atoms with Gasteiger partial charge in [-0.2, -0.15) is 8.78 Å². The van der Waals surface area contributed by atoms with Crippen LogP contribution in [0.2, 0.25) is 0 Å². The Labute approximate surface area is 168 Å².